The van der Waals surface area contributed by atoms with Crippen molar-refractivity contribution in [1.82, 2.24) is 8.75 Å². The molecular formula is C6H3FN2O2S2. The predicted molar refractivity (Wildman–Crippen MR) is 45.7 cm³/mol. The third kappa shape index (κ3) is 1.40. The molecule has 0 saturated carbocycles. The maximum absolute atomic E-state index is 12.6. The highest BCUT2D eigenvalue weighted by Gasteiger charge is 2.17. The molecule has 0 aliphatic rings. The lowest BCUT2D eigenvalue weighted by Gasteiger charge is -1.93. The molecule has 1 aromatic heterocycles. The Morgan fingerprint density at radius 3 is 2.77 bits per heavy atom. The van der Waals surface area contributed by atoms with Crippen molar-refractivity contribution in [2.24, 2.45) is 0 Å². The van der Waals surface area contributed by atoms with Gasteiger partial charge in [0.2, 0.25) is 0 Å². The highest BCUT2D eigenvalue weighted by molar-refractivity contribution is 7.86. The zero-order chi connectivity index (χ0) is 9.47. The summed E-state index contributed by atoms with van der Waals surface area (Å²) in [5.74, 6) is 0. The topological polar surface area (TPSA) is 59.9 Å². The van der Waals surface area contributed by atoms with Crippen LogP contribution in [0.25, 0.3) is 11.0 Å². The Balaban J connectivity index is 2.91. The molecule has 0 amide bonds. The van der Waals surface area contributed by atoms with Crippen LogP contribution in [0.2, 0.25) is 0 Å². The van der Waals surface area contributed by atoms with E-state index in [-0.39, 0.29) is 5.52 Å². The lowest BCUT2D eigenvalue weighted by atomic mass is 10.3. The lowest BCUT2D eigenvalue weighted by molar-refractivity contribution is 0.553. The van der Waals surface area contributed by atoms with E-state index in [1.165, 1.54) is 12.1 Å². The summed E-state index contributed by atoms with van der Waals surface area (Å²) in [6.07, 6.45) is 0. The van der Waals surface area contributed by atoms with Crippen LogP contribution in [0.1, 0.15) is 0 Å². The van der Waals surface area contributed by atoms with Crippen LogP contribution in [0, 0.1) is 0 Å². The molecule has 0 atom stereocenters. The molecule has 1 aromatic carbocycles. The summed E-state index contributed by atoms with van der Waals surface area (Å²) in [5.41, 5.74) is 0.485. The van der Waals surface area contributed by atoms with Gasteiger partial charge >= 0.3 is 10.2 Å². The van der Waals surface area contributed by atoms with Crippen LogP contribution < -0.4 is 0 Å². The van der Waals surface area contributed by atoms with E-state index in [9.17, 15) is 12.3 Å². The molecule has 0 N–H and O–H groups in total. The van der Waals surface area contributed by atoms with Crippen molar-refractivity contribution in [2.75, 3.05) is 0 Å². The van der Waals surface area contributed by atoms with Crippen molar-refractivity contribution < 1.29 is 12.3 Å². The van der Waals surface area contributed by atoms with Gasteiger partial charge in [0.1, 0.15) is 15.9 Å². The number of hydrogen-bond donors (Lipinski definition) is 0. The average molecular weight is 218 g/mol. The molecule has 0 radical (unpaired) electrons. The number of halogens is 1. The summed E-state index contributed by atoms with van der Waals surface area (Å²) in [6.45, 7) is 0. The van der Waals surface area contributed by atoms with Crippen LogP contribution >= 0.6 is 11.7 Å². The first-order valence-corrected chi connectivity index (χ1v) is 5.36. The molecule has 7 heteroatoms. The molecule has 4 nitrogen and oxygen atoms in total. The van der Waals surface area contributed by atoms with Gasteiger partial charge < -0.3 is 0 Å². The minimum Gasteiger partial charge on any atom is -0.189 e. The number of fused-ring (bicyclic) bond motifs is 1. The molecule has 68 valence electrons. The van der Waals surface area contributed by atoms with Gasteiger partial charge in [0.05, 0.1) is 11.7 Å². The number of hydrogen-bond acceptors (Lipinski definition) is 5. The Kier molecular flexibility index (Phi) is 1.77. The fourth-order valence-electron chi connectivity index (χ4n) is 0.978. The molecule has 13 heavy (non-hydrogen) atoms. The lowest BCUT2D eigenvalue weighted by Crippen LogP contribution is -1.92. The highest BCUT2D eigenvalue weighted by atomic mass is 32.3. The van der Waals surface area contributed by atoms with Gasteiger partial charge in [-0.3, -0.25) is 0 Å². The first-order valence-electron chi connectivity index (χ1n) is 3.25. The maximum atomic E-state index is 12.6. The van der Waals surface area contributed by atoms with Gasteiger partial charge in [0.25, 0.3) is 0 Å². The van der Waals surface area contributed by atoms with E-state index in [0.29, 0.717) is 5.52 Å². The fourth-order valence-corrected chi connectivity index (χ4v) is 2.21. The van der Waals surface area contributed by atoms with Crippen LogP contribution in [-0.4, -0.2) is 17.2 Å². The Morgan fingerprint density at radius 2 is 2.08 bits per heavy atom. The molecular weight excluding hydrogens is 215 g/mol. The second-order valence-corrected chi connectivity index (χ2v) is 4.17. The molecule has 0 fully saturated rings. The van der Waals surface area contributed by atoms with Crippen molar-refractivity contribution in [1.29, 1.82) is 0 Å². The van der Waals surface area contributed by atoms with Gasteiger partial charge in [-0.1, -0.05) is 6.07 Å². The number of rotatable bonds is 1. The Morgan fingerprint density at radius 1 is 1.31 bits per heavy atom. The van der Waals surface area contributed by atoms with Crippen LogP contribution in [0.3, 0.4) is 0 Å². The molecule has 0 saturated heterocycles. The van der Waals surface area contributed by atoms with E-state index in [2.05, 4.69) is 8.75 Å². The molecule has 0 aliphatic heterocycles. The Hall–Kier alpha value is -1.08. The molecule has 2 aromatic rings. The van der Waals surface area contributed by atoms with Crippen LogP contribution in [0.5, 0.6) is 0 Å². The largest absolute Gasteiger partial charge is 0.334 e. The Labute approximate surface area is 77.6 Å². The maximum Gasteiger partial charge on any atom is 0.334 e. The normalized spacial score (nSPS) is 12.1. The van der Waals surface area contributed by atoms with Crippen molar-refractivity contribution >= 4 is 33.0 Å². The number of benzene rings is 1. The third-order valence-corrected chi connectivity index (χ3v) is 2.91. The van der Waals surface area contributed by atoms with Gasteiger partial charge in [-0.25, -0.2) is 0 Å². The van der Waals surface area contributed by atoms with Gasteiger partial charge in [-0.2, -0.15) is 17.2 Å². The quantitative estimate of drug-likeness (QED) is 0.678. The first-order chi connectivity index (χ1) is 6.09. The van der Waals surface area contributed by atoms with Crippen molar-refractivity contribution in [3.8, 4) is 0 Å². The van der Waals surface area contributed by atoms with E-state index >= 15 is 0 Å². The second kappa shape index (κ2) is 2.71. The Bertz CT molecular complexity index is 549. The molecule has 0 spiro atoms. The van der Waals surface area contributed by atoms with E-state index in [4.69, 9.17) is 0 Å². The summed E-state index contributed by atoms with van der Waals surface area (Å²) in [6, 6.07) is 4.17. The van der Waals surface area contributed by atoms with Gasteiger partial charge in [-0.15, -0.1) is 3.89 Å². The van der Waals surface area contributed by atoms with Crippen LogP contribution in [-0.2, 0) is 10.2 Å². The SMILES string of the molecule is O=S(=O)(F)c1cccc2nsnc12. The number of nitrogens with zero attached hydrogens (tertiary/aromatic N) is 2. The van der Waals surface area contributed by atoms with Crippen molar-refractivity contribution in [3.63, 3.8) is 0 Å². The van der Waals surface area contributed by atoms with Gasteiger partial charge in [-0.05, 0) is 12.1 Å². The molecule has 0 bridgehead atoms. The summed E-state index contributed by atoms with van der Waals surface area (Å²) >= 11 is 0.852. The van der Waals surface area contributed by atoms with Crippen molar-refractivity contribution in [2.45, 2.75) is 4.90 Å². The van der Waals surface area contributed by atoms with Gasteiger partial charge in [0.15, 0.2) is 0 Å². The van der Waals surface area contributed by atoms with E-state index in [0.717, 1.165) is 11.7 Å². The second-order valence-electron chi connectivity index (χ2n) is 2.33. The minimum atomic E-state index is -4.70. The summed E-state index contributed by atoms with van der Waals surface area (Å²) in [4.78, 5) is -0.418. The van der Waals surface area contributed by atoms with E-state index in [1.54, 1.807) is 6.07 Å². The average Bonchev–Trinajstić information content (AvgIpc) is 2.48. The standard InChI is InChI=1S/C6H3FN2O2S2/c7-13(10,11)5-3-1-2-4-6(5)9-12-8-4/h1-3H. The molecule has 0 aliphatic carbocycles. The fraction of sp³-hybridized carbons (Fsp3) is 0. The summed E-state index contributed by atoms with van der Waals surface area (Å²) in [5, 5.41) is 0. The first kappa shape index (κ1) is 8.52. The van der Waals surface area contributed by atoms with Gasteiger partial charge in [0, 0.05) is 0 Å². The van der Waals surface area contributed by atoms with E-state index < -0.39 is 15.1 Å². The summed E-state index contributed by atoms with van der Waals surface area (Å²) < 4.78 is 41.4. The minimum absolute atomic E-state index is 0.0926. The highest BCUT2D eigenvalue weighted by Crippen LogP contribution is 2.22. The third-order valence-electron chi connectivity index (χ3n) is 1.51. The van der Waals surface area contributed by atoms with Crippen molar-refractivity contribution in [3.05, 3.63) is 18.2 Å². The molecule has 1 heterocycles. The molecule has 2 rings (SSSR count). The smallest absolute Gasteiger partial charge is 0.189 e. The summed E-state index contributed by atoms with van der Waals surface area (Å²) in [7, 11) is -4.70. The molecule has 0 unspecified atom stereocenters. The zero-order valence-electron chi connectivity index (χ0n) is 6.14. The van der Waals surface area contributed by atoms with E-state index in [1.807, 2.05) is 0 Å². The van der Waals surface area contributed by atoms with Crippen LogP contribution in [0.4, 0.5) is 3.89 Å². The zero-order valence-corrected chi connectivity index (χ0v) is 7.77. The monoisotopic (exact) mass is 218 g/mol. The number of aromatic nitrogens is 2. The van der Waals surface area contributed by atoms with Crippen LogP contribution in [0.15, 0.2) is 23.1 Å². The predicted octanol–water partition coefficient (Wildman–Crippen LogP) is 1.35.